The highest BCUT2D eigenvalue weighted by molar-refractivity contribution is 7.10. The maximum atomic E-state index is 11.0. The summed E-state index contributed by atoms with van der Waals surface area (Å²) in [6, 6.07) is 5.49. The zero-order valence-electron chi connectivity index (χ0n) is 9.84. The van der Waals surface area contributed by atoms with Crippen molar-refractivity contribution in [1.82, 2.24) is 4.98 Å². The minimum Gasteiger partial charge on any atom is -0.480 e. The highest BCUT2D eigenvalue weighted by atomic mass is 32.1. The lowest BCUT2D eigenvalue weighted by Gasteiger charge is -2.08. The SMILES string of the molecule is COc1ncccc1NCc1cc(C(N)=O)cs1. The van der Waals surface area contributed by atoms with Gasteiger partial charge in [0.15, 0.2) is 0 Å². The first-order chi connectivity index (χ1) is 8.70. The van der Waals surface area contributed by atoms with Crippen LogP contribution in [-0.4, -0.2) is 18.0 Å². The number of rotatable bonds is 5. The number of amides is 1. The summed E-state index contributed by atoms with van der Waals surface area (Å²) in [5.41, 5.74) is 6.55. The average Bonchev–Trinajstić information content (AvgIpc) is 2.85. The number of carbonyl (C=O) groups is 1. The quantitative estimate of drug-likeness (QED) is 0.863. The number of aromatic nitrogens is 1. The van der Waals surface area contributed by atoms with Gasteiger partial charge in [-0.05, 0) is 18.2 Å². The van der Waals surface area contributed by atoms with Gasteiger partial charge in [-0.15, -0.1) is 11.3 Å². The Balaban J connectivity index is 2.04. The van der Waals surface area contributed by atoms with E-state index < -0.39 is 5.91 Å². The van der Waals surface area contributed by atoms with E-state index in [-0.39, 0.29) is 0 Å². The van der Waals surface area contributed by atoms with E-state index in [1.54, 1.807) is 24.8 Å². The Morgan fingerprint density at radius 3 is 3.11 bits per heavy atom. The minimum atomic E-state index is -0.406. The van der Waals surface area contributed by atoms with E-state index >= 15 is 0 Å². The second-order valence-electron chi connectivity index (χ2n) is 3.58. The van der Waals surface area contributed by atoms with E-state index in [9.17, 15) is 4.79 Å². The van der Waals surface area contributed by atoms with Crippen LogP contribution in [0.25, 0.3) is 0 Å². The Morgan fingerprint density at radius 1 is 1.61 bits per heavy atom. The molecule has 5 nitrogen and oxygen atoms in total. The largest absolute Gasteiger partial charge is 0.480 e. The molecule has 3 N–H and O–H groups in total. The summed E-state index contributed by atoms with van der Waals surface area (Å²) in [4.78, 5) is 16.1. The third-order valence-corrected chi connectivity index (χ3v) is 3.29. The van der Waals surface area contributed by atoms with Crippen LogP contribution in [-0.2, 0) is 6.54 Å². The number of carbonyl (C=O) groups excluding carboxylic acids is 1. The van der Waals surface area contributed by atoms with Gasteiger partial charge in [0, 0.05) is 23.0 Å². The molecule has 0 aromatic carbocycles. The summed E-state index contributed by atoms with van der Waals surface area (Å²) in [5, 5.41) is 4.95. The lowest BCUT2D eigenvalue weighted by atomic mass is 10.3. The first-order valence-electron chi connectivity index (χ1n) is 5.31. The highest BCUT2D eigenvalue weighted by Crippen LogP contribution is 2.22. The first-order valence-corrected chi connectivity index (χ1v) is 6.18. The molecule has 2 rings (SSSR count). The van der Waals surface area contributed by atoms with Crippen molar-refractivity contribution in [2.45, 2.75) is 6.54 Å². The topological polar surface area (TPSA) is 77.2 Å². The molecule has 0 bridgehead atoms. The van der Waals surface area contributed by atoms with Gasteiger partial charge in [-0.1, -0.05) is 0 Å². The molecule has 2 heterocycles. The van der Waals surface area contributed by atoms with Gasteiger partial charge in [-0.3, -0.25) is 4.79 Å². The lowest BCUT2D eigenvalue weighted by Crippen LogP contribution is -2.09. The van der Waals surface area contributed by atoms with Crippen LogP contribution >= 0.6 is 11.3 Å². The molecule has 1 amide bonds. The monoisotopic (exact) mass is 263 g/mol. The smallest absolute Gasteiger partial charge is 0.249 e. The van der Waals surface area contributed by atoms with Gasteiger partial charge < -0.3 is 15.8 Å². The van der Waals surface area contributed by atoms with E-state index in [1.807, 2.05) is 12.1 Å². The Kier molecular flexibility index (Phi) is 3.78. The molecule has 0 saturated carbocycles. The molecule has 0 aliphatic heterocycles. The van der Waals surface area contributed by atoms with Gasteiger partial charge in [-0.25, -0.2) is 4.98 Å². The molecule has 94 valence electrons. The molecule has 2 aromatic rings. The molecule has 0 aliphatic carbocycles. The number of primary amides is 1. The van der Waals surface area contributed by atoms with Crippen LogP contribution in [0.5, 0.6) is 5.88 Å². The molecule has 2 aromatic heterocycles. The zero-order valence-corrected chi connectivity index (χ0v) is 10.7. The van der Waals surface area contributed by atoms with Crippen LogP contribution in [0.1, 0.15) is 15.2 Å². The summed E-state index contributed by atoms with van der Waals surface area (Å²) < 4.78 is 5.13. The van der Waals surface area contributed by atoms with Crippen LogP contribution in [0, 0.1) is 0 Å². The van der Waals surface area contributed by atoms with Gasteiger partial charge in [0.2, 0.25) is 11.8 Å². The van der Waals surface area contributed by atoms with Gasteiger partial charge in [0.25, 0.3) is 0 Å². The van der Waals surface area contributed by atoms with Crippen LogP contribution in [0.4, 0.5) is 5.69 Å². The Hall–Kier alpha value is -2.08. The number of nitrogens with zero attached hydrogens (tertiary/aromatic N) is 1. The average molecular weight is 263 g/mol. The second-order valence-corrected chi connectivity index (χ2v) is 4.58. The van der Waals surface area contributed by atoms with Crippen molar-refractivity contribution in [2.24, 2.45) is 5.73 Å². The fraction of sp³-hybridized carbons (Fsp3) is 0.167. The van der Waals surface area contributed by atoms with Crippen molar-refractivity contribution >= 4 is 22.9 Å². The molecular formula is C12H13N3O2S. The van der Waals surface area contributed by atoms with Crippen molar-refractivity contribution < 1.29 is 9.53 Å². The maximum Gasteiger partial charge on any atom is 0.249 e. The fourth-order valence-corrected chi connectivity index (χ4v) is 2.29. The summed E-state index contributed by atoms with van der Waals surface area (Å²) in [6.07, 6.45) is 1.67. The number of hydrogen-bond acceptors (Lipinski definition) is 5. The number of nitrogens with two attached hydrogens (primary N) is 1. The van der Waals surface area contributed by atoms with Crippen molar-refractivity contribution in [3.63, 3.8) is 0 Å². The molecule has 6 heteroatoms. The Labute approximate surface area is 109 Å². The molecule has 0 radical (unpaired) electrons. The van der Waals surface area contributed by atoms with Gasteiger partial charge in [0.1, 0.15) is 0 Å². The minimum absolute atomic E-state index is 0.406. The van der Waals surface area contributed by atoms with E-state index in [4.69, 9.17) is 10.5 Å². The van der Waals surface area contributed by atoms with Gasteiger partial charge in [0.05, 0.1) is 18.4 Å². The number of nitrogens with one attached hydrogen (secondary N) is 1. The second kappa shape index (κ2) is 5.50. The highest BCUT2D eigenvalue weighted by Gasteiger charge is 2.06. The number of ether oxygens (including phenoxy) is 1. The molecule has 0 spiro atoms. The zero-order chi connectivity index (χ0) is 13.0. The first kappa shape index (κ1) is 12.4. The summed E-state index contributed by atoms with van der Waals surface area (Å²) in [5.74, 6) is 0.139. The number of pyridine rings is 1. The van der Waals surface area contributed by atoms with Crippen molar-refractivity contribution in [2.75, 3.05) is 12.4 Å². The third kappa shape index (κ3) is 2.78. The van der Waals surface area contributed by atoms with Crippen molar-refractivity contribution in [3.05, 3.63) is 40.2 Å². The summed E-state index contributed by atoms with van der Waals surface area (Å²) >= 11 is 1.49. The molecule has 0 unspecified atom stereocenters. The van der Waals surface area contributed by atoms with Crippen molar-refractivity contribution in [1.29, 1.82) is 0 Å². The predicted molar refractivity (Wildman–Crippen MR) is 71.0 cm³/mol. The Bertz CT molecular complexity index is 554. The van der Waals surface area contributed by atoms with Gasteiger partial charge in [-0.2, -0.15) is 0 Å². The van der Waals surface area contributed by atoms with E-state index in [0.717, 1.165) is 10.6 Å². The van der Waals surface area contributed by atoms with Crippen LogP contribution < -0.4 is 15.8 Å². The summed E-state index contributed by atoms with van der Waals surface area (Å²) in [7, 11) is 1.57. The maximum absolute atomic E-state index is 11.0. The molecular weight excluding hydrogens is 250 g/mol. The lowest BCUT2D eigenvalue weighted by molar-refractivity contribution is 0.100. The van der Waals surface area contributed by atoms with E-state index in [1.165, 1.54) is 11.3 Å². The summed E-state index contributed by atoms with van der Waals surface area (Å²) in [6.45, 7) is 0.597. The third-order valence-electron chi connectivity index (χ3n) is 2.36. The van der Waals surface area contributed by atoms with Crippen LogP contribution in [0.15, 0.2) is 29.8 Å². The molecule has 0 atom stereocenters. The van der Waals surface area contributed by atoms with Crippen LogP contribution in [0.2, 0.25) is 0 Å². The number of thiophene rings is 1. The normalized spacial score (nSPS) is 10.1. The predicted octanol–water partition coefficient (Wildman–Crippen LogP) is 1.86. The van der Waals surface area contributed by atoms with Crippen LogP contribution in [0.3, 0.4) is 0 Å². The number of methoxy groups -OCH3 is 1. The van der Waals surface area contributed by atoms with Gasteiger partial charge >= 0.3 is 0 Å². The molecule has 0 aliphatic rings. The van der Waals surface area contributed by atoms with Crippen molar-refractivity contribution in [3.8, 4) is 5.88 Å². The molecule has 0 fully saturated rings. The fourth-order valence-electron chi connectivity index (χ4n) is 1.47. The number of hydrogen-bond donors (Lipinski definition) is 2. The molecule has 0 saturated heterocycles. The standard InChI is InChI=1S/C12H13N3O2S/c1-17-12-10(3-2-4-14-12)15-6-9-5-8(7-18-9)11(13)16/h2-5,7,15H,6H2,1H3,(H2,13,16). The Morgan fingerprint density at radius 2 is 2.44 bits per heavy atom. The van der Waals surface area contributed by atoms with E-state index in [0.29, 0.717) is 18.0 Å². The molecule has 18 heavy (non-hydrogen) atoms. The van der Waals surface area contributed by atoms with E-state index in [2.05, 4.69) is 10.3 Å². The number of anilines is 1.